The minimum Gasteiger partial charge on any atom is -0.334 e. The summed E-state index contributed by atoms with van der Waals surface area (Å²) in [6.45, 7) is 0.451. The fourth-order valence-electron chi connectivity index (χ4n) is 1.83. The standard InChI is InChI=1S/C13H16FN3/c1-17-12(9-16-13(17)8-15)7-4-10-2-5-11(14)6-3-10/h2-3,5-6,9H,4,7-8,15H2,1H3. The van der Waals surface area contributed by atoms with Crippen LogP contribution in [0.25, 0.3) is 0 Å². The van der Waals surface area contributed by atoms with E-state index in [2.05, 4.69) is 4.98 Å². The zero-order chi connectivity index (χ0) is 12.3. The third-order valence-electron chi connectivity index (χ3n) is 2.95. The van der Waals surface area contributed by atoms with Crippen molar-refractivity contribution in [2.24, 2.45) is 12.8 Å². The van der Waals surface area contributed by atoms with Crippen molar-refractivity contribution in [3.05, 3.63) is 53.4 Å². The van der Waals surface area contributed by atoms with Crippen LogP contribution in [0.2, 0.25) is 0 Å². The Balaban J connectivity index is 2.02. The molecule has 0 aliphatic rings. The Bertz CT molecular complexity index is 488. The molecule has 90 valence electrons. The smallest absolute Gasteiger partial charge is 0.123 e. The van der Waals surface area contributed by atoms with Crippen LogP contribution in [0.3, 0.4) is 0 Å². The van der Waals surface area contributed by atoms with Gasteiger partial charge in [0.2, 0.25) is 0 Å². The number of aryl methyl sites for hydroxylation is 2. The molecule has 0 saturated heterocycles. The molecular weight excluding hydrogens is 217 g/mol. The molecule has 2 N–H and O–H groups in total. The van der Waals surface area contributed by atoms with Crippen molar-refractivity contribution in [3.63, 3.8) is 0 Å². The Hall–Kier alpha value is -1.68. The van der Waals surface area contributed by atoms with Gasteiger partial charge in [0, 0.05) is 18.9 Å². The van der Waals surface area contributed by atoms with E-state index in [0.717, 1.165) is 29.9 Å². The monoisotopic (exact) mass is 233 g/mol. The van der Waals surface area contributed by atoms with Crippen molar-refractivity contribution in [2.45, 2.75) is 19.4 Å². The van der Waals surface area contributed by atoms with Gasteiger partial charge in [0.05, 0.1) is 6.54 Å². The number of nitrogens with zero attached hydrogens (tertiary/aromatic N) is 2. The lowest BCUT2D eigenvalue weighted by molar-refractivity contribution is 0.626. The lowest BCUT2D eigenvalue weighted by Gasteiger charge is -2.05. The van der Waals surface area contributed by atoms with Crippen LogP contribution in [0, 0.1) is 5.82 Å². The Morgan fingerprint density at radius 2 is 1.94 bits per heavy atom. The van der Waals surface area contributed by atoms with Crippen molar-refractivity contribution in [1.82, 2.24) is 9.55 Å². The third kappa shape index (κ3) is 2.71. The molecule has 0 saturated carbocycles. The van der Waals surface area contributed by atoms with E-state index in [0.29, 0.717) is 6.54 Å². The van der Waals surface area contributed by atoms with Gasteiger partial charge in [-0.25, -0.2) is 9.37 Å². The van der Waals surface area contributed by atoms with Gasteiger partial charge in [0.15, 0.2) is 0 Å². The fourth-order valence-corrected chi connectivity index (χ4v) is 1.83. The number of halogens is 1. The highest BCUT2D eigenvalue weighted by Gasteiger charge is 2.04. The average Bonchev–Trinajstić information content (AvgIpc) is 2.69. The second-order valence-corrected chi connectivity index (χ2v) is 4.06. The molecule has 1 heterocycles. The van der Waals surface area contributed by atoms with E-state index in [9.17, 15) is 4.39 Å². The molecule has 0 atom stereocenters. The number of aromatic nitrogens is 2. The molecule has 3 nitrogen and oxygen atoms in total. The van der Waals surface area contributed by atoms with Gasteiger partial charge in [-0.1, -0.05) is 12.1 Å². The van der Waals surface area contributed by atoms with Gasteiger partial charge < -0.3 is 10.3 Å². The third-order valence-corrected chi connectivity index (χ3v) is 2.95. The van der Waals surface area contributed by atoms with Crippen LogP contribution in [0.4, 0.5) is 4.39 Å². The fraction of sp³-hybridized carbons (Fsp3) is 0.308. The van der Waals surface area contributed by atoms with Crippen molar-refractivity contribution in [2.75, 3.05) is 0 Å². The Morgan fingerprint density at radius 1 is 1.24 bits per heavy atom. The maximum atomic E-state index is 12.7. The first kappa shape index (κ1) is 11.8. The van der Waals surface area contributed by atoms with Crippen LogP contribution < -0.4 is 5.73 Å². The summed E-state index contributed by atoms with van der Waals surface area (Å²) in [5.41, 5.74) is 7.84. The van der Waals surface area contributed by atoms with Crippen LogP contribution in [0.5, 0.6) is 0 Å². The van der Waals surface area contributed by atoms with Gasteiger partial charge in [0.25, 0.3) is 0 Å². The number of hydrogen-bond donors (Lipinski definition) is 1. The minimum absolute atomic E-state index is 0.195. The largest absolute Gasteiger partial charge is 0.334 e. The second-order valence-electron chi connectivity index (χ2n) is 4.06. The summed E-state index contributed by atoms with van der Waals surface area (Å²) in [6, 6.07) is 6.61. The summed E-state index contributed by atoms with van der Waals surface area (Å²) in [6.07, 6.45) is 3.62. The molecular formula is C13H16FN3. The summed E-state index contributed by atoms with van der Waals surface area (Å²) in [4.78, 5) is 4.24. The van der Waals surface area contributed by atoms with E-state index < -0.39 is 0 Å². The highest BCUT2D eigenvalue weighted by Crippen LogP contribution is 2.09. The van der Waals surface area contributed by atoms with E-state index in [1.807, 2.05) is 29.9 Å². The lowest BCUT2D eigenvalue weighted by Crippen LogP contribution is -2.07. The van der Waals surface area contributed by atoms with Crippen molar-refractivity contribution < 1.29 is 4.39 Å². The zero-order valence-corrected chi connectivity index (χ0v) is 9.86. The molecule has 0 aliphatic carbocycles. The van der Waals surface area contributed by atoms with E-state index in [-0.39, 0.29) is 5.82 Å². The first-order valence-electron chi connectivity index (χ1n) is 5.64. The van der Waals surface area contributed by atoms with Crippen LogP contribution in [-0.2, 0) is 26.4 Å². The molecule has 2 aromatic rings. The Labute approximate surface area is 100 Å². The van der Waals surface area contributed by atoms with Crippen LogP contribution in [0.15, 0.2) is 30.5 Å². The van der Waals surface area contributed by atoms with Gasteiger partial charge in [-0.05, 0) is 30.5 Å². The highest BCUT2D eigenvalue weighted by molar-refractivity contribution is 5.18. The molecule has 0 unspecified atom stereocenters. The molecule has 1 aromatic carbocycles. The Morgan fingerprint density at radius 3 is 2.53 bits per heavy atom. The predicted octanol–water partition coefficient (Wildman–Crippen LogP) is 1.80. The molecule has 0 fully saturated rings. The van der Waals surface area contributed by atoms with Gasteiger partial charge in [-0.15, -0.1) is 0 Å². The molecule has 2 rings (SSSR count). The van der Waals surface area contributed by atoms with Crippen molar-refractivity contribution >= 4 is 0 Å². The first-order chi connectivity index (χ1) is 8.20. The topological polar surface area (TPSA) is 43.8 Å². The maximum Gasteiger partial charge on any atom is 0.123 e. The number of hydrogen-bond acceptors (Lipinski definition) is 2. The van der Waals surface area contributed by atoms with Crippen molar-refractivity contribution in [3.8, 4) is 0 Å². The van der Waals surface area contributed by atoms with E-state index in [1.54, 1.807) is 0 Å². The van der Waals surface area contributed by atoms with Crippen molar-refractivity contribution in [1.29, 1.82) is 0 Å². The SMILES string of the molecule is Cn1c(CCc2ccc(F)cc2)cnc1CN. The van der Waals surface area contributed by atoms with Gasteiger partial charge in [-0.3, -0.25) is 0 Å². The molecule has 0 spiro atoms. The number of rotatable bonds is 4. The minimum atomic E-state index is -0.195. The lowest BCUT2D eigenvalue weighted by atomic mass is 10.1. The second kappa shape index (κ2) is 5.10. The number of benzene rings is 1. The van der Waals surface area contributed by atoms with E-state index in [1.165, 1.54) is 12.1 Å². The Kier molecular flexibility index (Phi) is 3.54. The molecule has 4 heteroatoms. The zero-order valence-electron chi connectivity index (χ0n) is 9.86. The quantitative estimate of drug-likeness (QED) is 0.875. The normalized spacial score (nSPS) is 10.8. The van der Waals surface area contributed by atoms with Gasteiger partial charge in [0.1, 0.15) is 11.6 Å². The molecule has 17 heavy (non-hydrogen) atoms. The molecule has 1 aromatic heterocycles. The first-order valence-corrected chi connectivity index (χ1v) is 5.64. The summed E-state index contributed by atoms with van der Waals surface area (Å²) < 4.78 is 14.8. The highest BCUT2D eigenvalue weighted by atomic mass is 19.1. The van der Waals surface area contributed by atoms with Crippen LogP contribution >= 0.6 is 0 Å². The summed E-state index contributed by atoms with van der Waals surface area (Å²) in [7, 11) is 1.97. The van der Waals surface area contributed by atoms with Crippen LogP contribution in [0.1, 0.15) is 17.1 Å². The predicted molar refractivity (Wildman–Crippen MR) is 64.9 cm³/mol. The molecule has 0 amide bonds. The molecule has 0 radical (unpaired) electrons. The summed E-state index contributed by atoms with van der Waals surface area (Å²) >= 11 is 0. The summed E-state index contributed by atoms with van der Waals surface area (Å²) in [5, 5.41) is 0. The average molecular weight is 233 g/mol. The number of nitrogens with two attached hydrogens (primary N) is 1. The van der Waals surface area contributed by atoms with E-state index in [4.69, 9.17) is 5.73 Å². The summed E-state index contributed by atoms with van der Waals surface area (Å²) in [5.74, 6) is 0.693. The van der Waals surface area contributed by atoms with Gasteiger partial charge in [-0.2, -0.15) is 0 Å². The van der Waals surface area contributed by atoms with Crippen LogP contribution in [-0.4, -0.2) is 9.55 Å². The number of imidazole rings is 1. The maximum absolute atomic E-state index is 12.7. The molecule has 0 bridgehead atoms. The van der Waals surface area contributed by atoms with E-state index >= 15 is 0 Å². The van der Waals surface area contributed by atoms with Gasteiger partial charge >= 0.3 is 0 Å². The molecule has 0 aliphatic heterocycles.